The Morgan fingerprint density at radius 3 is 2.52 bits per heavy atom. The number of benzene rings is 2. The second kappa shape index (κ2) is 7.21. The Morgan fingerprint density at radius 1 is 1.19 bits per heavy atom. The van der Waals surface area contributed by atoms with Gasteiger partial charge in [-0.15, -0.1) is 24.0 Å². The zero-order valence-electron chi connectivity index (χ0n) is 11.9. The molecule has 3 nitrogen and oxygen atoms in total. The largest absolute Gasteiger partial charge is 0.486 e. The van der Waals surface area contributed by atoms with Crippen LogP contribution in [0, 0.1) is 0 Å². The summed E-state index contributed by atoms with van der Waals surface area (Å²) in [6.07, 6.45) is 0.0527. The highest BCUT2D eigenvalue weighted by molar-refractivity contribution is 6.18. The summed E-state index contributed by atoms with van der Waals surface area (Å²) >= 11 is 5.75. The molecule has 114 valence electrons. The lowest BCUT2D eigenvalue weighted by molar-refractivity contribution is 0.0672. The van der Waals surface area contributed by atoms with E-state index in [2.05, 4.69) is 23.1 Å². The summed E-state index contributed by atoms with van der Waals surface area (Å²) in [5.74, 6) is 2.30. The summed E-state index contributed by atoms with van der Waals surface area (Å²) in [5.41, 5.74) is 0. The van der Waals surface area contributed by atoms with Crippen molar-refractivity contribution in [3.8, 4) is 11.5 Å². The molecule has 0 saturated carbocycles. The number of alkyl halides is 1. The van der Waals surface area contributed by atoms with E-state index in [4.69, 9.17) is 21.1 Å². The lowest BCUT2D eigenvalue weighted by Crippen LogP contribution is -2.40. The Balaban J connectivity index is 0.00000161. The smallest absolute Gasteiger partial charge is 0.162 e. The topological polar surface area (TPSA) is 21.7 Å². The van der Waals surface area contributed by atoms with Gasteiger partial charge in [0.15, 0.2) is 11.5 Å². The highest BCUT2D eigenvalue weighted by Gasteiger charge is 2.22. The number of nitrogens with zero attached hydrogens (tertiary/aromatic N) is 1. The summed E-state index contributed by atoms with van der Waals surface area (Å²) < 4.78 is 11.9. The Hall–Kier alpha value is -1.16. The van der Waals surface area contributed by atoms with E-state index in [1.165, 1.54) is 10.8 Å². The number of rotatable bonds is 4. The maximum atomic E-state index is 6.05. The van der Waals surface area contributed by atoms with Crippen LogP contribution < -0.4 is 9.47 Å². The van der Waals surface area contributed by atoms with Gasteiger partial charge >= 0.3 is 0 Å². The van der Waals surface area contributed by atoms with Crippen molar-refractivity contribution in [1.29, 1.82) is 0 Å². The number of hydrogen-bond acceptors (Lipinski definition) is 3. The Morgan fingerprint density at radius 2 is 1.86 bits per heavy atom. The monoisotopic (exact) mass is 327 g/mol. The van der Waals surface area contributed by atoms with Crippen molar-refractivity contribution < 1.29 is 9.47 Å². The van der Waals surface area contributed by atoms with Gasteiger partial charge in [0.05, 0.1) is 0 Å². The summed E-state index contributed by atoms with van der Waals surface area (Å²) in [4.78, 5) is 2.16. The molecule has 1 aliphatic heterocycles. The average Bonchev–Trinajstić information content (AvgIpc) is 2.45. The number of likely N-dealkylation sites (N-methyl/N-ethyl adjacent to an activating group) is 1. The van der Waals surface area contributed by atoms with E-state index in [1.807, 2.05) is 25.2 Å². The van der Waals surface area contributed by atoms with Gasteiger partial charge in [-0.3, -0.25) is 0 Å². The molecule has 0 saturated heterocycles. The number of fused-ring (bicyclic) bond motifs is 2. The molecule has 21 heavy (non-hydrogen) atoms. The Bertz CT molecular complexity index is 606. The molecule has 0 amide bonds. The maximum Gasteiger partial charge on any atom is 0.162 e. The molecule has 1 heterocycles. The molecule has 0 bridgehead atoms. The van der Waals surface area contributed by atoms with Crippen molar-refractivity contribution in [2.75, 3.05) is 32.6 Å². The van der Waals surface area contributed by atoms with Gasteiger partial charge < -0.3 is 14.4 Å². The summed E-state index contributed by atoms with van der Waals surface area (Å²) in [5, 5.41) is 2.34. The van der Waals surface area contributed by atoms with E-state index < -0.39 is 0 Å². The van der Waals surface area contributed by atoms with E-state index in [0.29, 0.717) is 12.5 Å². The normalized spacial score (nSPS) is 16.8. The van der Waals surface area contributed by atoms with Crippen molar-refractivity contribution in [3.05, 3.63) is 36.4 Å². The van der Waals surface area contributed by atoms with Crippen LogP contribution >= 0.6 is 24.0 Å². The van der Waals surface area contributed by atoms with E-state index >= 15 is 0 Å². The van der Waals surface area contributed by atoms with Crippen LogP contribution in [0.4, 0.5) is 0 Å². The van der Waals surface area contributed by atoms with Gasteiger partial charge in [0.2, 0.25) is 0 Å². The number of hydrogen-bond donors (Lipinski definition) is 0. The van der Waals surface area contributed by atoms with Crippen LogP contribution in [0.5, 0.6) is 11.5 Å². The molecule has 0 N–H and O–H groups in total. The van der Waals surface area contributed by atoms with Gasteiger partial charge in [-0.05, 0) is 30.0 Å². The van der Waals surface area contributed by atoms with Crippen molar-refractivity contribution in [3.63, 3.8) is 0 Å². The van der Waals surface area contributed by atoms with Crippen LogP contribution in [-0.4, -0.2) is 43.6 Å². The number of halogens is 2. The van der Waals surface area contributed by atoms with E-state index in [-0.39, 0.29) is 18.5 Å². The van der Waals surface area contributed by atoms with Crippen molar-refractivity contribution in [2.24, 2.45) is 0 Å². The first kappa shape index (κ1) is 16.2. The van der Waals surface area contributed by atoms with Crippen LogP contribution in [0.15, 0.2) is 36.4 Å². The van der Waals surface area contributed by atoms with Crippen LogP contribution in [-0.2, 0) is 0 Å². The van der Waals surface area contributed by atoms with E-state index in [0.717, 1.165) is 24.6 Å². The standard InChI is InChI=1S/C16H18ClNO2.ClH/c1-18(7-6-17)10-14-11-19-15-8-12-4-2-3-5-13(12)9-16(15)20-14;/h2-5,8-9,14H,6-7,10-11H2,1H3;1H. The third-order valence-corrected chi connectivity index (χ3v) is 3.68. The van der Waals surface area contributed by atoms with Crippen molar-refractivity contribution in [1.82, 2.24) is 4.90 Å². The predicted octanol–water partition coefficient (Wildman–Crippen LogP) is 3.57. The minimum absolute atomic E-state index is 0. The fourth-order valence-electron chi connectivity index (χ4n) is 2.47. The quantitative estimate of drug-likeness (QED) is 0.801. The van der Waals surface area contributed by atoms with Crippen LogP contribution in [0.1, 0.15) is 0 Å². The van der Waals surface area contributed by atoms with Gasteiger partial charge in [0.1, 0.15) is 12.7 Å². The second-order valence-corrected chi connectivity index (χ2v) is 5.53. The van der Waals surface area contributed by atoms with Gasteiger partial charge in [-0.2, -0.15) is 0 Å². The average molecular weight is 328 g/mol. The summed E-state index contributed by atoms with van der Waals surface area (Å²) in [6.45, 7) is 2.25. The summed E-state index contributed by atoms with van der Waals surface area (Å²) in [7, 11) is 2.04. The summed E-state index contributed by atoms with van der Waals surface area (Å²) in [6, 6.07) is 12.3. The van der Waals surface area contributed by atoms with Gasteiger partial charge in [-0.25, -0.2) is 0 Å². The first-order valence-electron chi connectivity index (χ1n) is 6.83. The second-order valence-electron chi connectivity index (χ2n) is 5.15. The minimum atomic E-state index is 0. The molecule has 0 spiro atoms. The molecule has 3 rings (SSSR count). The highest BCUT2D eigenvalue weighted by Crippen LogP contribution is 2.35. The molecule has 0 radical (unpaired) electrons. The predicted molar refractivity (Wildman–Crippen MR) is 89.3 cm³/mol. The highest BCUT2D eigenvalue weighted by atomic mass is 35.5. The van der Waals surface area contributed by atoms with Crippen LogP contribution in [0.25, 0.3) is 10.8 Å². The van der Waals surface area contributed by atoms with E-state index in [9.17, 15) is 0 Å². The Labute approximate surface area is 136 Å². The fourth-order valence-corrected chi connectivity index (χ4v) is 2.76. The van der Waals surface area contributed by atoms with Crippen molar-refractivity contribution >= 4 is 34.8 Å². The molecular weight excluding hydrogens is 309 g/mol. The molecular formula is C16H19Cl2NO2. The molecule has 2 aromatic carbocycles. The molecule has 1 aliphatic rings. The molecule has 0 fully saturated rings. The van der Waals surface area contributed by atoms with Crippen molar-refractivity contribution in [2.45, 2.75) is 6.10 Å². The van der Waals surface area contributed by atoms with Gasteiger partial charge in [-0.1, -0.05) is 24.3 Å². The molecule has 1 atom stereocenters. The Kier molecular flexibility index (Phi) is 5.57. The van der Waals surface area contributed by atoms with Crippen LogP contribution in [0.2, 0.25) is 0 Å². The lowest BCUT2D eigenvalue weighted by atomic mass is 10.1. The number of ether oxygens (including phenoxy) is 2. The zero-order chi connectivity index (χ0) is 13.9. The third kappa shape index (κ3) is 3.73. The fraction of sp³-hybridized carbons (Fsp3) is 0.375. The van der Waals surface area contributed by atoms with E-state index in [1.54, 1.807) is 0 Å². The molecule has 1 unspecified atom stereocenters. The van der Waals surface area contributed by atoms with Gasteiger partial charge in [0.25, 0.3) is 0 Å². The first-order valence-corrected chi connectivity index (χ1v) is 7.36. The van der Waals surface area contributed by atoms with Crippen LogP contribution in [0.3, 0.4) is 0 Å². The lowest BCUT2D eigenvalue weighted by Gasteiger charge is -2.29. The molecule has 2 aromatic rings. The first-order chi connectivity index (χ1) is 9.76. The molecule has 0 aliphatic carbocycles. The SMILES string of the molecule is CN(CCCl)CC1COc2cc3ccccc3cc2O1.Cl. The minimum Gasteiger partial charge on any atom is -0.486 e. The van der Waals surface area contributed by atoms with Gasteiger partial charge in [0, 0.05) is 19.0 Å². The maximum absolute atomic E-state index is 6.05. The third-order valence-electron chi connectivity index (χ3n) is 3.51. The molecule has 5 heteroatoms. The zero-order valence-corrected chi connectivity index (χ0v) is 13.5. The molecule has 0 aromatic heterocycles.